The maximum Gasteiger partial charge on any atom is 2.00 e. The predicted molar refractivity (Wildman–Crippen MR) is 26.7 cm³/mol. The van der Waals surface area contributed by atoms with E-state index in [0.717, 1.165) is 0 Å². The average molecular weight is 163 g/mol. The molecular formula is C5H9N2Zn+3. The van der Waals surface area contributed by atoms with Crippen LogP contribution in [0.15, 0.2) is 12.4 Å². The van der Waals surface area contributed by atoms with Gasteiger partial charge in [0, 0.05) is 6.92 Å². The van der Waals surface area contributed by atoms with Gasteiger partial charge in [-0.15, -0.1) is 0 Å². The van der Waals surface area contributed by atoms with Crippen molar-refractivity contribution < 1.29 is 24.0 Å². The van der Waals surface area contributed by atoms with Gasteiger partial charge in [0.05, 0.1) is 7.05 Å². The second-order valence-electron chi connectivity index (χ2n) is 1.66. The van der Waals surface area contributed by atoms with E-state index in [9.17, 15) is 0 Å². The quantitative estimate of drug-likeness (QED) is 0.414. The summed E-state index contributed by atoms with van der Waals surface area (Å²) in [6.45, 7) is 2.03. The number of H-pyrrole nitrogens is 1. The standard InChI is InChI=1S/C5H8N2.Zn/c1-5-6-3-4-7(5)2;/h3-4H,1-2H3;/q;+2/p+1. The smallest absolute Gasteiger partial charge is 0.248 e. The molecule has 3 heteroatoms. The summed E-state index contributed by atoms with van der Waals surface area (Å²) in [5.74, 6) is 1.18. The first-order chi connectivity index (χ1) is 3.30. The Morgan fingerprint density at radius 3 is 2.38 bits per heavy atom. The zero-order valence-corrected chi connectivity index (χ0v) is 8.28. The number of aromatic nitrogens is 2. The largest absolute Gasteiger partial charge is 2.00 e. The molecule has 38 valence electrons. The molecule has 0 aliphatic heterocycles. The molecule has 0 aliphatic carbocycles. The fraction of sp³-hybridized carbons (Fsp3) is 0.400. The van der Waals surface area contributed by atoms with Crippen LogP contribution in [-0.2, 0) is 26.5 Å². The molecule has 1 aromatic rings. The molecule has 0 fully saturated rings. The van der Waals surface area contributed by atoms with Gasteiger partial charge in [0.1, 0.15) is 12.4 Å². The summed E-state index contributed by atoms with van der Waals surface area (Å²) in [5.41, 5.74) is 0. The van der Waals surface area contributed by atoms with Crippen molar-refractivity contribution in [3.8, 4) is 0 Å². The van der Waals surface area contributed by atoms with Crippen molar-refractivity contribution >= 4 is 0 Å². The molecule has 0 atom stereocenters. The molecule has 1 rings (SSSR count). The molecule has 0 bridgehead atoms. The Kier molecular flexibility index (Phi) is 2.92. The van der Waals surface area contributed by atoms with Crippen molar-refractivity contribution in [2.45, 2.75) is 6.92 Å². The zero-order chi connectivity index (χ0) is 5.28. The maximum atomic E-state index is 3.03. The first-order valence-electron chi connectivity index (χ1n) is 2.30. The summed E-state index contributed by atoms with van der Waals surface area (Å²) in [5, 5.41) is 0. The summed E-state index contributed by atoms with van der Waals surface area (Å²) in [7, 11) is 2.01. The molecule has 1 heterocycles. The van der Waals surface area contributed by atoms with Crippen LogP contribution in [0.4, 0.5) is 0 Å². The van der Waals surface area contributed by atoms with Gasteiger partial charge in [0.15, 0.2) is 0 Å². The zero-order valence-electron chi connectivity index (χ0n) is 5.31. The molecule has 0 aliphatic rings. The summed E-state index contributed by atoms with van der Waals surface area (Å²) in [6.07, 6.45) is 3.89. The molecule has 0 radical (unpaired) electrons. The van der Waals surface area contributed by atoms with Crippen LogP contribution in [0.5, 0.6) is 0 Å². The van der Waals surface area contributed by atoms with E-state index >= 15 is 0 Å². The first kappa shape index (κ1) is 7.83. The molecule has 1 aromatic heterocycles. The maximum absolute atomic E-state index is 3.03. The van der Waals surface area contributed by atoms with E-state index in [0.29, 0.717) is 0 Å². The van der Waals surface area contributed by atoms with Gasteiger partial charge in [-0.05, 0) is 0 Å². The fourth-order valence-corrected chi connectivity index (χ4v) is 0.483. The van der Waals surface area contributed by atoms with E-state index in [1.165, 1.54) is 5.82 Å². The number of rotatable bonds is 0. The third kappa shape index (κ3) is 1.41. The second kappa shape index (κ2) is 2.98. The molecule has 0 spiro atoms. The molecular weight excluding hydrogens is 153 g/mol. The summed E-state index contributed by atoms with van der Waals surface area (Å²) < 4.78 is 2.03. The van der Waals surface area contributed by atoms with Crippen molar-refractivity contribution in [1.29, 1.82) is 0 Å². The first-order valence-corrected chi connectivity index (χ1v) is 2.30. The van der Waals surface area contributed by atoms with Gasteiger partial charge in [-0.3, -0.25) is 0 Å². The number of aryl methyl sites for hydroxylation is 2. The average Bonchev–Trinajstić information content (AvgIpc) is 1.91. The van der Waals surface area contributed by atoms with Crippen LogP contribution in [0, 0.1) is 6.92 Å². The summed E-state index contributed by atoms with van der Waals surface area (Å²) in [6, 6.07) is 0. The van der Waals surface area contributed by atoms with Gasteiger partial charge >= 0.3 is 19.5 Å². The van der Waals surface area contributed by atoms with Crippen LogP contribution in [0.2, 0.25) is 0 Å². The molecule has 0 saturated heterocycles. The van der Waals surface area contributed by atoms with Crippen molar-refractivity contribution in [2.75, 3.05) is 0 Å². The fourth-order valence-electron chi connectivity index (χ4n) is 0.483. The van der Waals surface area contributed by atoms with E-state index in [4.69, 9.17) is 0 Å². The van der Waals surface area contributed by atoms with Crippen molar-refractivity contribution in [3.63, 3.8) is 0 Å². The van der Waals surface area contributed by atoms with Crippen LogP contribution >= 0.6 is 0 Å². The van der Waals surface area contributed by atoms with Crippen molar-refractivity contribution in [2.24, 2.45) is 7.05 Å². The van der Waals surface area contributed by atoms with Gasteiger partial charge in [-0.2, -0.15) is 0 Å². The van der Waals surface area contributed by atoms with E-state index in [-0.39, 0.29) is 19.5 Å². The van der Waals surface area contributed by atoms with Crippen LogP contribution in [-0.4, -0.2) is 4.98 Å². The van der Waals surface area contributed by atoms with Gasteiger partial charge in [-0.1, -0.05) is 0 Å². The van der Waals surface area contributed by atoms with Crippen molar-refractivity contribution in [3.05, 3.63) is 18.2 Å². The number of nitrogens with one attached hydrogen (secondary N) is 1. The van der Waals surface area contributed by atoms with Crippen LogP contribution in [0.25, 0.3) is 0 Å². The Balaban J connectivity index is 0.000000490. The van der Waals surface area contributed by atoms with Gasteiger partial charge in [0.2, 0.25) is 0 Å². The molecule has 1 N–H and O–H groups in total. The minimum atomic E-state index is 0. The monoisotopic (exact) mass is 161 g/mol. The van der Waals surface area contributed by atoms with Gasteiger partial charge in [-0.25, -0.2) is 9.55 Å². The van der Waals surface area contributed by atoms with E-state index in [1.807, 2.05) is 30.9 Å². The van der Waals surface area contributed by atoms with Crippen LogP contribution in [0.1, 0.15) is 5.82 Å². The van der Waals surface area contributed by atoms with E-state index in [2.05, 4.69) is 4.98 Å². The Hall–Kier alpha value is -0.167. The predicted octanol–water partition coefficient (Wildman–Crippen LogP) is 0.145. The summed E-state index contributed by atoms with van der Waals surface area (Å²) >= 11 is 0. The number of nitrogens with zero attached hydrogens (tertiary/aromatic N) is 1. The molecule has 2 nitrogen and oxygen atoms in total. The van der Waals surface area contributed by atoms with Crippen molar-refractivity contribution in [1.82, 2.24) is 4.98 Å². The minimum Gasteiger partial charge on any atom is -0.248 e. The topological polar surface area (TPSA) is 19.7 Å². The van der Waals surface area contributed by atoms with Crippen LogP contribution < -0.4 is 4.57 Å². The minimum absolute atomic E-state index is 0. The number of hydrogen-bond donors (Lipinski definition) is 1. The Bertz CT molecular complexity index is 143. The Labute approximate surface area is 61.7 Å². The Morgan fingerprint density at radius 1 is 1.62 bits per heavy atom. The molecule has 0 unspecified atom stereocenters. The third-order valence-corrected chi connectivity index (χ3v) is 1.12. The number of hydrogen-bond acceptors (Lipinski definition) is 0. The van der Waals surface area contributed by atoms with E-state index < -0.39 is 0 Å². The normalized spacial score (nSPS) is 8.25. The Morgan fingerprint density at radius 2 is 2.25 bits per heavy atom. The number of aromatic amines is 1. The third-order valence-electron chi connectivity index (χ3n) is 1.12. The van der Waals surface area contributed by atoms with E-state index in [1.54, 1.807) is 0 Å². The van der Waals surface area contributed by atoms with Crippen LogP contribution in [0.3, 0.4) is 0 Å². The SMILES string of the molecule is Cc1[nH]cc[n+]1C.[Zn+2]. The van der Waals surface area contributed by atoms with Gasteiger partial charge < -0.3 is 0 Å². The molecule has 8 heavy (non-hydrogen) atoms. The summed E-state index contributed by atoms with van der Waals surface area (Å²) in [4.78, 5) is 3.03. The van der Waals surface area contributed by atoms with Gasteiger partial charge in [0.25, 0.3) is 5.82 Å². The molecule has 0 aromatic carbocycles. The second-order valence-corrected chi connectivity index (χ2v) is 1.66. The number of imidazole rings is 1. The molecule has 0 amide bonds. The molecule has 0 saturated carbocycles.